The molecule has 0 bridgehead atoms. The molecule has 1 N–H and O–H groups in total. The fraction of sp³-hybridized carbons (Fsp3) is 0.909. The van der Waals surface area contributed by atoms with Crippen LogP contribution >= 0.6 is 0 Å². The van der Waals surface area contributed by atoms with Crippen molar-refractivity contribution >= 4 is 6.09 Å². The van der Waals surface area contributed by atoms with Crippen LogP contribution < -0.4 is 0 Å². The Bertz CT molecular complexity index is 271. The number of amides is 1. The van der Waals surface area contributed by atoms with Crippen molar-refractivity contribution in [2.24, 2.45) is 11.8 Å². The van der Waals surface area contributed by atoms with Crippen molar-refractivity contribution in [2.45, 2.75) is 26.2 Å². The molecule has 1 rings (SSSR count). The number of piperidine rings is 1. The van der Waals surface area contributed by atoms with E-state index < -0.39 is 31.0 Å². The van der Waals surface area contributed by atoms with Crippen LogP contribution in [0.4, 0.5) is 13.6 Å². The van der Waals surface area contributed by atoms with Crippen LogP contribution in [0, 0.1) is 11.8 Å². The molecular weight excluding hydrogens is 232 g/mol. The molecule has 1 atom stereocenters. The van der Waals surface area contributed by atoms with Crippen molar-refractivity contribution in [1.82, 2.24) is 4.90 Å². The number of aliphatic hydroxyl groups is 1. The van der Waals surface area contributed by atoms with Crippen LogP contribution in [0.25, 0.3) is 0 Å². The molecule has 1 aliphatic heterocycles. The van der Waals surface area contributed by atoms with Gasteiger partial charge in [0.05, 0.1) is 19.1 Å². The Balaban J connectivity index is 2.49. The Labute approximate surface area is 99.5 Å². The molecule has 6 heteroatoms. The summed E-state index contributed by atoms with van der Waals surface area (Å²) in [4.78, 5) is 12.8. The molecule has 1 heterocycles. The van der Waals surface area contributed by atoms with Crippen molar-refractivity contribution in [3.8, 4) is 0 Å². The third kappa shape index (κ3) is 3.80. The zero-order chi connectivity index (χ0) is 13.1. The molecule has 1 saturated heterocycles. The van der Waals surface area contributed by atoms with E-state index in [1.165, 1.54) is 4.90 Å². The van der Waals surface area contributed by atoms with Crippen molar-refractivity contribution in [2.75, 3.05) is 26.3 Å². The Morgan fingerprint density at radius 1 is 1.59 bits per heavy atom. The molecule has 0 saturated carbocycles. The van der Waals surface area contributed by atoms with Gasteiger partial charge in [0.15, 0.2) is 0 Å². The summed E-state index contributed by atoms with van der Waals surface area (Å²) in [7, 11) is 0. The maximum atomic E-state index is 13.3. The second-order valence-electron chi connectivity index (χ2n) is 4.81. The van der Waals surface area contributed by atoms with Gasteiger partial charge in [0.1, 0.15) is 0 Å². The molecule has 0 aromatic rings. The number of ether oxygens (including phenoxy) is 1. The molecule has 1 amide bonds. The number of likely N-dealkylation sites (tertiary alicyclic amines) is 1. The lowest BCUT2D eigenvalue weighted by Crippen LogP contribution is -2.50. The first-order valence-electron chi connectivity index (χ1n) is 5.77. The fourth-order valence-corrected chi connectivity index (χ4v) is 1.67. The lowest BCUT2D eigenvalue weighted by Gasteiger charge is -2.36. The van der Waals surface area contributed by atoms with Crippen molar-refractivity contribution in [3.05, 3.63) is 0 Å². The minimum absolute atomic E-state index is 0.0274. The average Bonchev–Trinajstić information content (AvgIpc) is 2.25. The first kappa shape index (κ1) is 14.2. The topological polar surface area (TPSA) is 49.8 Å². The summed E-state index contributed by atoms with van der Waals surface area (Å²) in [6.45, 7) is 3.26. The quantitative estimate of drug-likeness (QED) is 0.831. The Hall–Kier alpha value is -0.910. The zero-order valence-electron chi connectivity index (χ0n) is 10.2. The lowest BCUT2D eigenvalue weighted by atomic mass is 9.95. The number of aliphatic hydroxyl groups excluding tert-OH is 1. The Morgan fingerprint density at radius 2 is 2.24 bits per heavy atom. The SMILES string of the molecule is CC(C)COC(=O)N1CCC(F)(F)C(CO)C1. The number of hydrogen-bond acceptors (Lipinski definition) is 3. The number of alkyl halides is 2. The standard InChI is InChI=1S/C11H19F2NO3/c1-8(2)7-17-10(16)14-4-3-11(12,13)9(5-14)6-15/h8-9,15H,3-7H2,1-2H3. The number of nitrogens with zero attached hydrogens (tertiary/aromatic N) is 1. The van der Waals surface area contributed by atoms with Gasteiger partial charge in [0, 0.05) is 19.5 Å². The fourth-order valence-electron chi connectivity index (χ4n) is 1.67. The maximum Gasteiger partial charge on any atom is 0.409 e. The van der Waals surface area contributed by atoms with E-state index in [2.05, 4.69) is 0 Å². The molecule has 1 unspecified atom stereocenters. The van der Waals surface area contributed by atoms with Crippen LogP contribution in [0.3, 0.4) is 0 Å². The van der Waals surface area contributed by atoms with Crippen molar-refractivity contribution < 1.29 is 23.4 Å². The first-order valence-corrected chi connectivity index (χ1v) is 5.77. The van der Waals surface area contributed by atoms with E-state index in [0.717, 1.165) is 0 Å². The summed E-state index contributed by atoms with van der Waals surface area (Å²) in [5, 5.41) is 8.89. The van der Waals surface area contributed by atoms with Gasteiger partial charge in [-0.1, -0.05) is 13.8 Å². The molecule has 4 nitrogen and oxygen atoms in total. The molecule has 0 aromatic carbocycles. The lowest BCUT2D eigenvalue weighted by molar-refractivity contribution is -0.116. The van der Waals surface area contributed by atoms with Gasteiger partial charge in [-0.2, -0.15) is 0 Å². The van der Waals surface area contributed by atoms with Gasteiger partial charge in [-0.15, -0.1) is 0 Å². The smallest absolute Gasteiger partial charge is 0.409 e. The van der Waals surface area contributed by atoms with Gasteiger partial charge in [0.25, 0.3) is 5.92 Å². The molecule has 17 heavy (non-hydrogen) atoms. The number of carbonyl (C=O) groups excluding carboxylic acids is 1. The van der Waals surface area contributed by atoms with Gasteiger partial charge in [0.2, 0.25) is 0 Å². The van der Waals surface area contributed by atoms with Crippen molar-refractivity contribution in [1.29, 1.82) is 0 Å². The highest BCUT2D eigenvalue weighted by Crippen LogP contribution is 2.33. The van der Waals surface area contributed by atoms with E-state index in [-0.39, 0.29) is 25.6 Å². The highest BCUT2D eigenvalue weighted by atomic mass is 19.3. The number of halogens is 2. The van der Waals surface area contributed by atoms with Crippen LogP contribution in [0.5, 0.6) is 0 Å². The van der Waals surface area contributed by atoms with Crippen LogP contribution in [0.2, 0.25) is 0 Å². The first-order chi connectivity index (χ1) is 7.86. The highest BCUT2D eigenvalue weighted by molar-refractivity contribution is 5.67. The van der Waals surface area contributed by atoms with Crippen LogP contribution in [0.15, 0.2) is 0 Å². The predicted octanol–water partition coefficient (Wildman–Crippen LogP) is 1.73. The summed E-state index contributed by atoms with van der Waals surface area (Å²) in [6, 6.07) is 0. The number of carbonyl (C=O) groups is 1. The molecular formula is C11H19F2NO3. The minimum Gasteiger partial charge on any atom is -0.449 e. The van der Waals surface area contributed by atoms with E-state index in [9.17, 15) is 13.6 Å². The number of hydrogen-bond donors (Lipinski definition) is 1. The normalized spacial score (nSPS) is 23.9. The zero-order valence-corrected chi connectivity index (χ0v) is 10.2. The number of rotatable bonds is 3. The van der Waals surface area contributed by atoms with E-state index in [1.54, 1.807) is 0 Å². The summed E-state index contributed by atoms with van der Waals surface area (Å²) >= 11 is 0. The molecule has 100 valence electrons. The monoisotopic (exact) mass is 251 g/mol. The van der Waals surface area contributed by atoms with Gasteiger partial charge in [-0.05, 0) is 5.92 Å². The van der Waals surface area contributed by atoms with Gasteiger partial charge in [-0.3, -0.25) is 0 Å². The highest BCUT2D eigenvalue weighted by Gasteiger charge is 2.45. The Kier molecular flexibility index (Phi) is 4.68. The van der Waals surface area contributed by atoms with E-state index >= 15 is 0 Å². The average molecular weight is 251 g/mol. The van der Waals surface area contributed by atoms with Crippen LogP contribution in [-0.2, 0) is 4.74 Å². The van der Waals surface area contributed by atoms with E-state index in [4.69, 9.17) is 9.84 Å². The molecule has 1 aliphatic rings. The largest absolute Gasteiger partial charge is 0.449 e. The second kappa shape index (κ2) is 5.62. The summed E-state index contributed by atoms with van der Waals surface area (Å²) < 4.78 is 31.5. The van der Waals surface area contributed by atoms with Gasteiger partial charge in [-0.25, -0.2) is 13.6 Å². The van der Waals surface area contributed by atoms with Gasteiger partial charge < -0.3 is 14.7 Å². The molecule has 0 spiro atoms. The molecule has 0 aromatic heterocycles. The Morgan fingerprint density at radius 3 is 2.76 bits per heavy atom. The third-order valence-corrected chi connectivity index (χ3v) is 2.77. The molecule has 0 aliphatic carbocycles. The summed E-state index contributed by atoms with van der Waals surface area (Å²) in [6.07, 6.45) is -0.998. The van der Waals surface area contributed by atoms with Crippen molar-refractivity contribution in [3.63, 3.8) is 0 Å². The van der Waals surface area contributed by atoms with Gasteiger partial charge >= 0.3 is 6.09 Å². The summed E-state index contributed by atoms with van der Waals surface area (Å²) in [5.74, 6) is -3.88. The second-order valence-corrected chi connectivity index (χ2v) is 4.81. The molecule has 1 fully saturated rings. The van der Waals surface area contributed by atoms with Crippen LogP contribution in [-0.4, -0.2) is 48.3 Å². The van der Waals surface area contributed by atoms with E-state index in [1.807, 2.05) is 13.8 Å². The minimum atomic E-state index is -2.90. The third-order valence-electron chi connectivity index (χ3n) is 2.77. The van der Waals surface area contributed by atoms with Crippen LogP contribution in [0.1, 0.15) is 20.3 Å². The summed E-state index contributed by atoms with van der Waals surface area (Å²) in [5.41, 5.74) is 0. The van der Waals surface area contributed by atoms with E-state index in [0.29, 0.717) is 0 Å². The predicted molar refractivity (Wildman–Crippen MR) is 57.9 cm³/mol. The molecule has 0 radical (unpaired) electrons. The maximum absolute atomic E-state index is 13.3.